The lowest BCUT2D eigenvalue weighted by Gasteiger charge is -2.25. The lowest BCUT2D eigenvalue weighted by atomic mass is 10.1. The Morgan fingerprint density at radius 1 is 1.06 bits per heavy atom. The number of anilines is 2. The number of nitrogens with one attached hydrogen (secondary N) is 1. The van der Waals surface area contributed by atoms with Crippen LogP contribution in [0.25, 0.3) is 0 Å². The van der Waals surface area contributed by atoms with E-state index in [-0.39, 0.29) is 5.69 Å². The molecule has 35 heavy (non-hydrogen) atoms. The molecule has 0 atom stereocenters. The van der Waals surface area contributed by atoms with Gasteiger partial charge in [-0.05, 0) is 48.4 Å². The van der Waals surface area contributed by atoms with E-state index in [0.717, 1.165) is 17.4 Å². The molecule has 8 nitrogen and oxygen atoms in total. The SMILES string of the molecule is Cc1ccccc1NC(=O)c1nc(S(C)(=O)=O)ncc1N(Cc1ccc(Cl)cc1)Cc1ccco1. The quantitative estimate of drug-likeness (QED) is 0.336. The zero-order valence-electron chi connectivity index (χ0n) is 19.1. The van der Waals surface area contributed by atoms with Crippen molar-refractivity contribution in [2.24, 2.45) is 0 Å². The monoisotopic (exact) mass is 510 g/mol. The lowest BCUT2D eigenvalue weighted by molar-refractivity contribution is 0.102. The van der Waals surface area contributed by atoms with Crippen LogP contribution >= 0.6 is 11.6 Å². The van der Waals surface area contributed by atoms with Crippen molar-refractivity contribution >= 4 is 38.7 Å². The number of carbonyl (C=O) groups is 1. The molecule has 0 aliphatic heterocycles. The summed E-state index contributed by atoms with van der Waals surface area (Å²) in [5.41, 5.74) is 2.66. The first kappa shape index (κ1) is 24.4. The van der Waals surface area contributed by atoms with E-state index in [9.17, 15) is 13.2 Å². The zero-order chi connectivity index (χ0) is 25.0. The number of benzene rings is 2. The molecule has 0 saturated carbocycles. The molecule has 0 radical (unpaired) electrons. The van der Waals surface area contributed by atoms with Gasteiger partial charge in [0.25, 0.3) is 5.91 Å². The number of carbonyl (C=O) groups excluding carboxylic acids is 1. The number of sulfone groups is 1. The molecule has 4 rings (SSSR count). The number of hydrogen-bond donors (Lipinski definition) is 1. The Labute approximate surface area is 208 Å². The van der Waals surface area contributed by atoms with Crippen molar-refractivity contribution in [2.45, 2.75) is 25.2 Å². The van der Waals surface area contributed by atoms with E-state index in [2.05, 4.69) is 15.3 Å². The van der Waals surface area contributed by atoms with Gasteiger partial charge < -0.3 is 14.6 Å². The van der Waals surface area contributed by atoms with Crippen molar-refractivity contribution in [3.05, 3.63) is 101 Å². The minimum absolute atomic E-state index is 0.0656. The fourth-order valence-corrected chi connectivity index (χ4v) is 4.09. The second-order valence-corrected chi connectivity index (χ2v) is 10.3. The fourth-order valence-electron chi connectivity index (χ4n) is 3.46. The Morgan fingerprint density at radius 3 is 2.46 bits per heavy atom. The van der Waals surface area contributed by atoms with Gasteiger partial charge in [0, 0.05) is 23.5 Å². The maximum absolute atomic E-state index is 13.4. The average Bonchev–Trinajstić information content (AvgIpc) is 3.34. The van der Waals surface area contributed by atoms with Crippen molar-refractivity contribution in [1.29, 1.82) is 0 Å². The first-order valence-electron chi connectivity index (χ1n) is 10.7. The molecule has 2 heterocycles. The topological polar surface area (TPSA) is 105 Å². The molecule has 0 fully saturated rings. The minimum Gasteiger partial charge on any atom is -0.467 e. The van der Waals surface area contributed by atoms with Crippen LogP contribution in [0.2, 0.25) is 5.02 Å². The Morgan fingerprint density at radius 2 is 1.80 bits per heavy atom. The highest BCUT2D eigenvalue weighted by Gasteiger charge is 2.24. The smallest absolute Gasteiger partial charge is 0.276 e. The van der Waals surface area contributed by atoms with Gasteiger partial charge in [0.05, 0.1) is 24.7 Å². The largest absolute Gasteiger partial charge is 0.467 e. The molecule has 0 saturated heterocycles. The fraction of sp³-hybridized carbons (Fsp3) is 0.160. The number of para-hydroxylation sites is 1. The number of rotatable bonds is 8. The van der Waals surface area contributed by atoms with Crippen molar-refractivity contribution in [1.82, 2.24) is 9.97 Å². The molecule has 0 unspecified atom stereocenters. The molecule has 2 aromatic carbocycles. The van der Waals surface area contributed by atoms with Crippen LogP contribution in [0.15, 0.2) is 82.7 Å². The van der Waals surface area contributed by atoms with Crippen molar-refractivity contribution in [3.8, 4) is 0 Å². The molecule has 0 bridgehead atoms. The highest BCUT2D eigenvalue weighted by Crippen LogP contribution is 2.26. The number of hydrogen-bond acceptors (Lipinski definition) is 7. The molecular formula is C25H23ClN4O4S. The number of aryl methyl sites for hydroxylation is 1. The summed E-state index contributed by atoms with van der Waals surface area (Å²) in [5, 5.41) is 3.01. The first-order chi connectivity index (χ1) is 16.7. The summed E-state index contributed by atoms with van der Waals surface area (Å²) < 4.78 is 29.9. The van der Waals surface area contributed by atoms with Crippen LogP contribution in [-0.2, 0) is 22.9 Å². The van der Waals surface area contributed by atoms with Gasteiger partial charge in [-0.1, -0.05) is 41.9 Å². The first-order valence-corrected chi connectivity index (χ1v) is 12.9. The summed E-state index contributed by atoms with van der Waals surface area (Å²) in [6.07, 6.45) is 3.92. The molecule has 0 spiro atoms. The molecule has 0 aliphatic rings. The normalized spacial score (nSPS) is 11.3. The number of aromatic nitrogens is 2. The van der Waals surface area contributed by atoms with Gasteiger partial charge in [0.1, 0.15) is 5.76 Å². The van der Waals surface area contributed by atoms with E-state index in [0.29, 0.717) is 35.2 Å². The molecule has 1 amide bonds. The summed E-state index contributed by atoms with van der Waals surface area (Å²) in [5.74, 6) is 0.0959. The summed E-state index contributed by atoms with van der Waals surface area (Å²) >= 11 is 6.04. The summed E-state index contributed by atoms with van der Waals surface area (Å²) in [4.78, 5) is 23.5. The molecule has 1 N–H and O–H groups in total. The van der Waals surface area contributed by atoms with Gasteiger partial charge in [0.15, 0.2) is 5.69 Å². The van der Waals surface area contributed by atoms with Gasteiger partial charge in [-0.2, -0.15) is 0 Å². The van der Waals surface area contributed by atoms with Crippen molar-refractivity contribution in [2.75, 3.05) is 16.5 Å². The van der Waals surface area contributed by atoms with Crippen LogP contribution < -0.4 is 10.2 Å². The van der Waals surface area contributed by atoms with Crippen LogP contribution in [0.4, 0.5) is 11.4 Å². The van der Waals surface area contributed by atoms with Crippen LogP contribution in [0, 0.1) is 6.92 Å². The standard InChI is InChI=1S/C25H23ClN4O4S/c1-17-6-3-4-8-21(17)28-24(31)23-22(14-27-25(29-23)35(2,32)33)30(16-20-7-5-13-34-20)15-18-9-11-19(26)12-10-18/h3-14H,15-16H2,1-2H3,(H,28,31). The van der Waals surface area contributed by atoms with Gasteiger partial charge in [-0.3, -0.25) is 4.79 Å². The van der Waals surface area contributed by atoms with Crippen LogP contribution in [0.1, 0.15) is 27.4 Å². The molecule has 0 aliphatic carbocycles. The summed E-state index contributed by atoms with van der Waals surface area (Å²) in [6, 6.07) is 18.2. The van der Waals surface area contributed by atoms with E-state index in [4.69, 9.17) is 16.0 Å². The number of halogens is 1. The zero-order valence-corrected chi connectivity index (χ0v) is 20.7. The Hall–Kier alpha value is -3.69. The van der Waals surface area contributed by atoms with Gasteiger partial charge in [0.2, 0.25) is 15.0 Å². The Kier molecular flexibility index (Phi) is 7.18. The lowest BCUT2D eigenvalue weighted by Crippen LogP contribution is -2.27. The van der Waals surface area contributed by atoms with E-state index in [1.54, 1.807) is 36.6 Å². The summed E-state index contributed by atoms with van der Waals surface area (Å²) in [6.45, 7) is 2.52. The van der Waals surface area contributed by atoms with Crippen LogP contribution in [0.5, 0.6) is 0 Å². The van der Waals surface area contributed by atoms with Crippen LogP contribution in [-0.4, -0.2) is 30.5 Å². The van der Waals surface area contributed by atoms with E-state index >= 15 is 0 Å². The van der Waals surface area contributed by atoms with E-state index in [1.807, 2.05) is 42.2 Å². The second-order valence-electron chi connectivity index (χ2n) is 7.99. The number of nitrogens with zero attached hydrogens (tertiary/aromatic N) is 3. The van der Waals surface area contributed by atoms with Crippen molar-refractivity contribution in [3.63, 3.8) is 0 Å². The third-order valence-electron chi connectivity index (χ3n) is 5.24. The maximum Gasteiger partial charge on any atom is 0.276 e. The molecule has 2 aromatic heterocycles. The molecule has 10 heteroatoms. The minimum atomic E-state index is -3.75. The Bertz CT molecular complexity index is 1440. The Balaban J connectivity index is 1.79. The number of amides is 1. The van der Waals surface area contributed by atoms with Gasteiger partial charge >= 0.3 is 0 Å². The highest BCUT2D eigenvalue weighted by atomic mass is 35.5. The van der Waals surface area contributed by atoms with E-state index in [1.165, 1.54) is 6.20 Å². The second kappa shape index (κ2) is 10.3. The van der Waals surface area contributed by atoms with E-state index < -0.39 is 20.9 Å². The number of furan rings is 1. The maximum atomic E-state index is 13.4. The average molecular weight is 511 g/mol. The predicted octanol–water partition coefficient (Wildman–Crippen LogP) is 4.89. The molecular weight excluding hydrogens is 488 g/mol. The predicted molar refractivity (Wildman–Crippen MR) is 134 cm³/mol. The van der Waals surface area contributed by atoms with Gasteiger partial charge in [-0.25, -0.2) is 18.4 Å². The van der Waals surface area contributed by atoms with Gasteiger partial charge in [-0.15, -0.1) is 0 Å². The molecule has 4 aromatic rings. The highest BCUT2D eigenvalue weighted by molar-refractivity contribution is 7.90. The third-order valence-corrected chi connectivity index (χ3v) is 6.35. The third kappa shape index (κ3) is 6.06. The molecule has 180 valence electrons. The van der Waals surface area contributed by atoms with Crippen LogP contribution in [0.3, 0.4) is 0 Å². The van der Waals surface area contributed by atoms with Crippen molar-refractivity contribution < 1.29 is 17.6 Å². The summed E-state index contributed by atoms with van der Waals surface area (Å²) in [7, 11) is -3.75.